The lowest BCUT2D eigenvalue weighted by atomic mass is 10.2. The van der Waals surface area contributed by atoms with Gasteiger partial charge in [-0.3, -0.25) is 0 Å². The summed E-state index contributed by atoms with van der Waals surface area (Å²) in [6.45, 7) is 2.59. The Balaban J connectivity index is 1.41. The van der Waals surface area contributed by atoms with Crippen LogP contribution in [-0.4, -0.2) is 24.7 Å². The Morgan fingerprint density at radius 2 is 2.24 bits per heavy atom. The van der Waals surface area contributed by atoms with Crippen molar-refractivity contribution in [1.82, 2.24) is 4.98 Å². The minimum Gasteiger partial charge on any atom is -0.379 e. The number of aromatic nitrogens is 1. The average molecular weight is 232 g/mol. The van der Waals surface area contributed by atoms with Gasteiger partial charge in [-0.05, 0) is 49.7 Å². The Kier molecular flexibility index (Phi) is 3.27. The second-order valence-electron chi connectivity index (χ2n) is 5.10. The van der Waals surface area contributed by atoms with Crippen LogP contribution in [0.2, 0.25) is 0 Å². The molecule has 2 aliphatic carbocycles. The van der Waals surface area contributed by atoms with Crippen molar-refractivity contribution in [2.45, 2.75) is 32.1 Å². The Labute approximate surface area is 103 Å². The molecule has 0 spiro atoms. The summed E-state index contributed by atoms with van der Waals surface area (Å²) < 4.78 is 5.58. The Morgan fingerprint density at radius 3 is 3.12 bits per heavy atom. The highest BCUT2D eigenvalue weighted by atomic mass is 16.5. The summed E-state index contributed by atoms with van der Waals surface area (Å²) in [5, 5.41) is 3.33. The zero-order valence-electron chi connectivity index (χ0n) is 10.2. The van der Waals surface area contributed by atoms with Crippen LogP contribution in [-0.2, 0) is 17.6 Å². The molecule has 3 rings (SSSR count). The van der Waals surface area contributed by atoms with Gasteiger partial charge in [-0.15, -0.1) is 0 Å². The molecule has 0 amide bonds. The molecule has 1 heterocycles. The van der Waals surface area contributed by atoms with Gasteiger partial charge in [0.2, 0.25) is 0 Å². The van der Waals surface area contributed by atoms with Gasteiger partial charge in [-0.25, -0.2) is 4.98 Å². The van der Waals surface area contributed by atoms with Crippen LogP contribution < -0.4 is 5.32 Å². The first-order valence-electron chi connectivity index (χ1n) is 6.72. The van der Waals surface area contributed by atoms with Crippen LogP contribution >= 0.6 is 0 Å². The molecule has 0 atom stereocenters. The standard InChI is InChI=1S/C14H20N2O/c1-2-12-6-7-14(16-13(12)3-1)15-8-9-17-10-11-4-5-11/h6-7,11H,1-5,8-10H2,(H,15,16). The van der Waals surface area contributed by atoms with Crippen molar-refractivity contribution < 1.29 is 4.74 Å². The van der Waals surface area contributed by atoms with Gasteiger partial charge in [0.15, 0.2) is 0 Å². The van der Waals surface area contributed by atoms with Crippen LogP contribution in [0.25, 0.3) is 0 Å². The smallest absolute Gasteiger partial charge is 0.126 e. The molecule has 0 aliphatic heterocycles. The Morgan fingerprint density at radius 1 is 1.29 bits per heavy atom. The average Bonchev–Trinajstić information content (AvgIpc) is 3.05. The van der Waals surface area contributed by atoms with Crippen molar-refractivity contribution in [3.63, 3.8) is 0 Å². The van der Waals surface area contributed by atoms with E-state index in [1.165, 1.54) is 36.9 Å². The highest BCUT2D eigenvalue weighted by molar-refractivity contribution is 5.40. The normalized spacial score (nSPS) is 18.1. The van der Waals surface area contributed by atoms with E-state index in [2.05, 4.69) is 22.4 Å². The molecule has 0 aromatic carbocycles. The fourth-order valence-electron chi connectivity index (χ4n) is 2.30. The van der Waals surface area contributed by atoms with Crippen molar-refractivity contribution >= 4 is 5.82 Å². The molecule has 17 heavy (non-hydrogen) atoms. The molecule has 1 N–H and O–H groups in total. The predicted octanol–water partition coefficient (Wildman–Crippen LogP) is 2.41. The van der Waals surface area contributed by atoms with E-state index in [1.54, 1.807) is 0 Å². The van der Waals surface area contributed by atoms with Gasteiger partial charge in [-0.1, -0.05) is 6.07 Å². The monoisotopic (exact) mass is 232 g/mol. The van der Waals surface area contributed by atoms with Crippen LogP contribution in [0.15, 0.2) is 12.1 Å². The second-order valence-corrected chi connectivity index (χ2v) is 5.10. The molecule has 1 saturated carbocycles. The van der Waals surface area contributed by atoms with Crippen LogP contribution in [0.1, 0.15) is 30.5 Å². The lowest BCUT2D eigenvalue weighted by Crippen LogP contribution is -2.11. The minimum atomic E-state index is 0.787. The lowest BCUT2D eigenvalue weighted by molar-refractivity contribution is 0.134. The summed E-state index contributed by atoms with van der Waals surface area (Å²) in [4.78, 5) is 4.63. The molecule has 1 fully saturated rings. The summed E-state index contributed by atoms with van der Waals surface area (Å²) in [5.74, 6) is 1.86. The number of hydrogen-bond donors (Lipinski definition) is 1. The van der Waals surface area contributed by atoms with E-state index < -0.39 is 0 Å². The van der Waals surface area contributed by atoms with E-state index in [0.29, 0.717) is 0 Å². The molecule has 92 valence electrons. The predicted molar refractivity (Wildman–Crippen MR) is 68.3 cm³/mol. The third-order valence-electron chi connectivity index (χ3n) is 3.53. The molecule has 0 unspecified atom stereocenters. The number of anilines is 1. The summed E-state index contributed by atoms with van der Waals surface area (Å²) in [6, 6.07) is 4.30. The summed E-state index contributed by atoms with van der Waals surface area (Å²) in [7, 11) is 0. The first-order chi connectivity index (χ1) is 8.42. The quantitative estimate of drug-likeness (QED) is 0.765. The van der Waals surface area contributed by atoms with Crippen LogP contribution in [0.4, 0.5) is 5.82 Å². The van der Waals surface area contributed by atoms with Gasteiger partial charge < -0.3 is 10.1 Å². The maximum absolute atomic E-state index is 5.58. The van der Waals surface area contributed by atoms with E-state index >= 15 is 0 Å². The number of ether oxygens (including phenoxy) is 1. The van der Waals surface area contributed by atoms with Gasteiger partial charge in [0.25, 0.3) is 0 Å². The number of nitrogens with one attached hydrogen (secondary N) is 1. The molecule has 2 aliphatic rings. The fourth-order valence-corrected chi connectivity index (χ4v) is 2.30. The lowest BCUT2D eigenvalue weighted by Gasteiger charge is -2.08. The SMILES string of the molecule is c1cc2c(nc1NCCOCC1CC1)CCC2. The maximum atomic E-state index is 5.58. The van der Waals surface area contributed by atoms with Crippen molar-refractivity contribution in [3.05, 3.63) is 23.4 Å². The molecular weight excluding hydrogens is 212 g/mol. The van der Waals surface area contributed by atoms with Crippen molar-refractivity contribution in [1.29, 1.82) is 0 Å². The third-order valence-corrected chi connectivity index (χ3v) is 3.53. The van der Waals surface area contributed by atoms with E-state index in [-0.39, 0.29) is 0 Å². The minimum absolute atomic E-state index is 0.787. The number of fused-ring (bicyclic) bond motifs is 1. The zero-order valence-corrected chi connectivity index (χ0v) is 10.2. The number of nitrogens with zero attached hydrogens (tertiary/aromatic N) is 1. The summed E-state index contributed by atoms with van der Waals surface area (Å²) in [6.07, 6.45) is 6.33. The van der Waals surface area contributed by atoms with Crippen molar-refractivity contribution in [3.8, 4) is 0 Å². The van der Waals surface area contributed by atoms with Gasteiger partial charge >= 0.3 is 0 Å². The van der Waals surface area contributed by atoms with Gasteiger partial charge in [-0.2, -0.15) is 0 Å². The molecule has 0 radical (unpaired) electrons. The Bertz CT molecular complexity index is 388. The van der Waals surface area contributed by atoms with Crippen molar-refractivity contribution in [2.24, 2.45) is 5.92 Å². The highest BCUT2D eigenvalue weighted by Gasteiger charge is 2.20. The van der Waals surface area contributed by atoms with Crippen LogP contribution in [0, 0.1) is 5.92 Å². The van der Waals surface area contributed by atoms with Crippen molar-refractivity contribution in [2.75, 3.05) is 25.1 Å². The molecule has 3 nitrogen and oxygen atoms in total. The number of rotatable bonds is 6. The molecule has 0 saturated heterocycles. The van der Waals surface area contributed by atoms with Gasteiger partial charge in [0, 0.05) is 18.8 Å². The van der Waals surface area contributed by atoms with E-state index in [0.717, 1.165) is 37.9 Å². The number of pyridine rings is 1. The van der Waals surface area contributed by atoms with Crippen LogP contribution in [0.3, 0.4) is 0 Å². The highest BCUT2D eigenvalue weighted by Crippen LogP contribution is 2.28. The summed E-state index contributed by atoms with van der Waals surface area (Å²) >= 11 is 0. The first-order valence-corrected chi connectivity index (χ1v) is 6.72. The summed E-state index contributed by atoms with van der Waals surface area (Å²) in [5.41, 5.74) is 2.72. The van der Waals surface area contributed by atoms with Gasteiger partial charge in [0.05, 0.1) is 6.61 Å². The molecular formula is C14H20N2O. The van der Waals surface area contributed by atoms with E-state index in [9.17, 15) is 0 Å². The largest absolute Gasteiger partial charge is 0.379 e. The molecule has 1 aromatic rings. The van der Waals surface area contributed by atoms with Crippen LogP contribution in [0.5, 0.6) is 0 Å². The first kappa shape index (κ1) is 11.0. The number of aryl methyl sites for hydroxylation is 2. The van der Waals surface area contributed by atoms with Gasteiger partial charge in [0.1, 0.15) is 5.82 Å². The second kappa shape index (κ2) is 5.05. The zero-order chi connectivity index (χ0) is 11.5. The maximum Gasteiger partial charge on any atom is 0.126 e. The van der Waals surface area contributed by atoms with E-state index in [4.69, 9.17) is 4.74 Å². The fraction of sp³-hybridized carbons (Fsp3) is 0.643. The van der Waals surface area contributed by atoms with E-state index in [1.807, 2.05) is 0 Å². The Hall–Kier alpha value is -1.09. The molecule has 1 aromatic heterocycles. The topological polar surface area (TPSA) is 34.2 Å². The third kappa shape index (κ3) is 2.97. The molecule has 0 bridgehead atoms. The molecule has 3 heteroatoms. The number of hydrogen-bond acceptors (Lipinski definition) is 3.